The SMILES string of the molecule is CCN(CC)c1ccc2cc(C=Cc3ccnc(-c4cc(C=Cc5cc6ccc(N(CC)CC)cc6oc5=O)ccn4)c3)c(=O)oc2c1. The number of hydrogen-bond donors (Lipinski definition) is 0. The summed E-state index contributed by atoms with van der Waals surface area (Å²) in [6.45, 7) is 11.9. The Morgan fingerprint density at radius 1 is 0.542 bits per heavy atom. The molecule has 242 valence electrons. The minimum atomic E-state index is -0.393. The summed E-state index contributed by atoms with van der Waals surface area (Å²) in [6, 6.07) is 23.2. The first-order valence-electron chi connectivity index (χ1n) is 16.3. The molecular weight excluding hydrogens is 600 g/mol. The molecule has 48 heavy (non-hydrogen) atoms. The van der Waals surface area contributed by atoms with Gasteiger partial charge in [0.05, 0.1) is 22.5 Å². The van der Waals surface area contributed by atoms with Crippen LogP contribution in [0.25, 0.3) is 57.6 Å². The van der Waals surface area contributed by atoms with Gasteiger partial charge in [0.25, 0.3) is 0 Å². The molecule has 4 heterocycles. The van der Waals surface area contributed by atoms with Crippen molar-refractivity contribution in [3.05, 3.63) is 128 Å². The highest BCUT2D eigenvalue weighted by atomic mass is 16.4. The Morgan fingerprint density at radius 2 is 0.958 bits per heavy atom. The average molecular weight is 639 g/mol. The number of hydrogen-bond acceptors (Lipinski definition) is 8. The standard InChI is InChI=1S/C40H38N4O4/c1-5-43(6-2)33-15-13-29-23-31(39(45)47-37(29)25-33)11-9-27-17-19-41-35(21-27)36-22-28(18-20-42-36)10-12-32-24-30-14-16-34(44(7-3)8-4)26-38(30)48-40(32)46/h9-26H,5-8H2,1-4H3. The van der Waals surface area contributed by atoms with E-state index >= 15 is 0 Å². The maximum atomic E-state index is 12.8. The van der Waals surface area contributed by atoms with Crippen LogP contribution in [0, 0.1) is 0 Å². The van der Waals surface area contributed by atoms with Gasteiger partial charge in [0.1, 0.15) is 11.2 Å². The molecule has 0 N–H and O–H groups in total. The van der Waals surface area contributed by atoms with E-state index in [1.807, 2.05) is 84.9 Å². The molecule has 0 aliphatic carbocycles. The summed E-state index contributed by atoms with van der Waals surface area (Å²) in [5.74, 6) is 0. The normalized spacial score (nSPS) is 11.7. The van der Waals surface area contributed by atoms with Crippen LogP contribution in [0.3, 0.4) is 0 Å². The smallest absolute Gasteiger partial charge is 0.343 e. The number of nitrogens with zero attached hydrogens (tertiary/aromatic N) is 4. The van der Waals surface area contributed by atoms with Gasteiger partial charge in [0, 0.05) is 72.9 Å². The molecule has 0 radical (unpaired) electrons. The zero-order valence-corrected chi connectivity index (χ0v) is 27.6. The first-order chi connectivity index (χ1) is 23.4. The van der Waals surface area contributed by atoms with Gasteiger partial charge in [-0.05, 0) is 112 Å². The maximum absolute atomic E-state index is 12.8. The zero-order valence-electron chi connectivity index (χ0n) is 27.6. The molecule has 0 spiro atoms. The Balaban J connectivity index is 1.21. The van der Waals surface area contributed by atoms with Crippen molar-refractivity contribution in [1.82, 2.24) is 9.97 Å². The summed E-state index contributed by atoms with van der Waals surface area (Å²) in [5, 5.41) is 1.72. The summed E-state index contributed by atoms with van der Waals surface area (Å²) in [4.78, 5) is 39.1. The Labute approximate surface area is 279 Å². The predicted molar refractivity (Wildman–Crippen MR) is 197 cm³/mol. The van der Waals surface area contributed by atoms with Crippen LogP contribution in [0.15, 0.2) is 104 Å². The number of pyridine rings is 2. The van der Waals surface area contributed by atoms with Crippen molar-refractivity contribution in [2.45, 2.75) is 27.7 Å². The number of aromatic nitrogens is 2. The third-order valence-corrected chi connectivity index (χ3v) is 8.49. The molecule has 0 amide bonds. The van der Waals surface area contributed by atoms with E-state index in [1.54, 1.807) is 24.5 Å². The van der Waals surface area contributed by atoms with Crippen LogP contribution >= 0.6 is 0 Å². The molecule has 0 bridgehead atoms. The second-order valence-corrected chi connectivity index (χ2v) is 11.4. The van der Waals surface area contributed by atoms with Crippen molar-refractivity contribution in [3.8, 4) is 11.4 Å². The van der Waals surface area contributed by atoms with Gasteiger partial charge in [-0.25, -0.2) is 9.59 Å². The van der Waals surface area contributed by atoms with Gasteiger partial charge >= 0.3 is 11.3 Å². The fraction of sp³-hybridized carbons (Fsp3) is 0.200. The largest absolute Gasteiger partial charge is 0.422 e. The molecule has 0 fully saturated rings. The molecule has 0 unspecified atom stereocenters. The number of fused-ring (bicyclic) bond motifs is 2. The molecule has 8 heteroatoms. The van der Waals surface area contributed by atoms with Crippen molar-refractivity contribution in [1.29, 1.82) is 0 Å². The Hall–Kier alpha value is -5.76. The molecule has 6 rings (SSSR count). The number of anilines is 2. The molecule has 0 aliphatic heterocycles. The lowest BCUT2D eigenvalue weighted by atomic mass is 10.1. The summed E-state index contributed by atoms with van der Waals surface area (Å²) in [6.07, 6.45) is 10.7. The maximum Gasteiger partial charge on any atom is 0.343 e. The van der Waals surface area contributed by atoms with Crippen LogP contribution in [0.5, 0.6) is 0 Å². The molecule has 0 saturated carbocycles. The summed E-state index contributed by atoms with van der Waals surface area (Å²) < 4.78 is 11.4. The van der Waals surface area contributed by atoms with Gasteiger partial charge in [-0.2, -0.15) is 0 Å². The van der Waals surface area contributed by atoms with Crippen molar-refractivity contribution >= 4 is 57.6 Å². The van der Waals surface area contributed by atoms with E-state index in [-0.39, 0.29) is 0 Å². The highest BCUT2D eigenvalue weighted by molar-refractivity contribution is 5.85. The van der Waals surface area contributed by atoms with E-state index in [0.29, 0.717) is 33.7 Å². The number of rotatable bonds is 11. The molecule has 0 aliphatic rings. The van der Waals surface area contributed by atoms with Crippen LogP contribution in [0.4, 0.5) is 11.4 Å². The lowest BCUT2D eigenvalue weighted by molar-refractivity contribution is 0.559. The summed E-state index contributed by atoms with van der Waals surface area (Å²) >= 11 is 0. The highest BCUT2D eigenvalue weighted by Crippen LogP contribution is 2.25. The van der Waals surface area contributed by atoms with Gasteiger partial charge in [0.15, 0.2) is 0 Å². The van der Waals surface area contributed by atoms with Crippen LogP contribution < -0.4 is 21.1 Å². The van der Waals surface area contributed by atoms with E-state index in [1.165, 1.54) is 0 Å². The molecule has 0 saturated heterocycles. The molecule has 8 nitrogen and oxygen atoms in total. The van der Waals surface area contributed by atoms with Crippen molar-refractivity contribution in [2.75, 3.05) is 36.0 Å². The Morgan fingerprint density at radius 3 is 1.35 bits per heavy atom. The van der Waals surface area contributed by atoms with Crippen LogP contribution in [-0.4, -0.2) is 36.1 Å². The average Bonchev–Trinajstić information content (AvgIpc) is 3.11. The summed E-state index contributed by atoms with van der Waals surface area (Å²) in [5.41, 5.74) is 6.40. The first kappa shape index (κ1) is 32.2. The monoisotopic (exact) mass is 638 g/mol. The zero-order chi connectivity index (χ0) is 33.6. The topological polar surface area (TPSA) is 92.7 Å². The molecule has 4 aromatic heterocycles. The Kier molecular flexibility index (Phi) is 9.62. The van der Waals surface area contributed by atoms with E-state index in [9.17, 15) is 9.59 Å². The van der Waals surface area contributed by atoms with Gasteiger partial charge in [0.2, 0.25) is 0 Å². The lowest BCUT2D eigenvalue weighted by Crippen LogP contribution is -2.21. The minimum Gasteiger partial charge on any atom is -0.422 e. The van der Waals surface area contributed by atoms with Gasteiger partial charge < -0.3 is 18.6 Å². The van der Waals surface area contributed by atoms with Crippen LogP contribution in [-0.2, 0) is 0 Å². The minimum absolute atomic E-state index is 0.393. The third-order valence-electron chi connectivity index (χ3n) is 8.49. The second kappa shape index (κ2) is 14.3. The Bertz CT molecular complexity index is 2100. The van der Waals surface area contributed by atoms with E-state index in [4.69, 9.17) is 8.83 Å². The fourth-order valence-corrected chi connectivity index (χ4v) is 5.79. The molecule has 2 aromatic carbocycles. The van der Waals surface area contributed by atoms with E-state index in [2.05, 4.69) is 47.5 Å². The fourth-order valence-electron chi connectivity index (χ4n) is 5.79. The molecular formula is C40H38N4O4. The van der Waals surface area contributed by atoms with Crippen LogP contribution in [0.1, 0.15) is 49.9 Å². The quantitative estimate of drug-likeness (QED) is 0.131. The van der Waals surface area contributed by atoms with Gasteiger partial charge in [-0.3, -0.25) is 9.97 Å². The van der Waals surface area contributed by atoms with Crippen molar-refractivity contribution in [3.63, 3.8) is 0 Å². The summed E-state index contributed by atoms with van der Waals surface area (Å²) in [7, 11) is 0. The second-order valence-electron chi connectivity index (χ2n) is 11.4. The predicted octanol–water partition coefficient (Wildman–Crippen LogP) is 8.39. The third kappa shape index (κ3) is 6.98. The van der Waals surface area contributed by atoms with Crippen molar-refractivity contribution in [2.24, 2.45) is 0 Å². The first-order valence-corrected chi connectivity index (χ1v) is 16.3. The van der Waals surface area contributed by atoms with Crippen LogP contribution in [0.2, 0.25) is 0 Å². The van der Waals surface area contributed by atoms with E-state index < -0.39 is 11.3 Å². The van der Waals surface area contributed by atoms with E-state index in [0.717, 1.165) is 59.5 Å². The molecule has 0 atom stereocenters. The highest BCUT2D eigenvalue weighted by Gasteiger charge is 2.10. The number of benzene rings is 2. The van der Waals surface area contributed by atoms with Crippen molar-refractivity contribution < 1.29 is 8.83 Å². The van der Waals surface area contributed by atoms with Gasteiger partial charge in [-0.1, -0.05) is 12.2 Å². The van der Waals surface area contributed by atoms with Gasteiger partial charge in [-0.15, -0.1) is 0 Å². The lowest BCUT2D eigenvalue weighted by Gasteiger charge is -2.20. The molecule has 6 aromatic rings.